The Morgan fingerprint density at radius 2 is 1.55 bits per heavy atom. The molecule has 0 unspecified atom stereocenters. The summed E-state index contributed by atoms with van der Waals surface area (Å²) in [5.41, 5.74) is 0.794. The smallest absolute Gasteiger partial charge is 0.319 e. The summed E-state index contributed by atoms with van der Waals surface area (Å²) < 4.78 is 5.58. The highest BCUT2D eigenvalue weighted by Crippen LogP contribution is 2.08. The van der Waals surface area contributed by atoms with E-state index in [9.17, 15) is 4.79 Å². The number of urea groups is 1. The van der Waals surface area contributed by atoms with Gasteiger partial charge in [0, 0.05) is 12.2 Å². The molecule has 0 atom stereocenters. The molecule has 0 saturated carbocycles. The first-order chi connectivity index (χ1) is 10.3. The molecule has 4 nitrogen and oxygen atoms in total. The number of halogens is 1. The third kappa shape index (κ3) is 6.99. The van der Waals surface area contributed by atoms with Crippen molar-refractivity contribution in [2.45, 2.75) is 12.8 Å². The first-order valence-electron chi connectivity index (χ1n) is 7.12. The number of carbonyl (C=O) groups excluding carboxylic acids is 1. The lowest BCUT2D eigenvalue weighted by Crippen LogP contribution is -2.29. The maximum absolute atomic E-state index is 11.6. The van der Waals surface area contributed by atoms with Crippen molar-refractivity contribution >= 4 is 24.1 Å². The van der Waals surface area contributed by atoms with Gasteiger partial charge in [-0.2, -0.15) is 0 Å². The number of carbonyl (C=O) groups is 1. The van der Waals surface area contributed by atoms with Crippen LogP contribution in [-0.4, -0.2) is 19.2 Å². The van der Waals surface area contributed by atoms with Crippen LogP contribution >= 0.6 is 12.4 Å². The molecule has 0 fully saturated rings. The van der Waals surface area contributed by atoms with Gasteiger partial charge >= 0.3 is 6.03 Å². The summed E-state index contributed by atoms with van der Waals surface area (Å²) in [6.07, 6.45) is 1.79. The lowest BCUT2D eigenvalue weighted by molar-refractivity contribution is 0.251. The Morgan fingerprint density at radius 1 is 0.909 bits per heavy atom. The van der Waals surface area contributed by atoms with Crippen molar-refractivity contribution in [1.29, 1.82) is 0 Å². The van der Waals surface area contributed by atoms with E-state index in [4.69, 9.17) is 4.74 Å². The number of hydrogen-bond acceptors (Lipinski definition) is 2. The van der Waals surface area contributed by atoms with Crippen molar-refractivity contribution < 1.29 is 9.53 Å². The third-order valence-corrected chi connectivity index (χ3v) is 2.90. The summed E-state index contributed by atoms with van der Waals surface area (Å²) in [6, 6.07) is 18.9. The van der Waals surface area contributed by atoms with Gasteiger partial charge in [0.05, 0.1) is 6.61 Å². The zero-order chi connectivity index (χ0) is 14.8. The van der Waals surface area contributed by atoms with E-state index in [1.54, 1.807) is 0 Å². The van der Waals surface area contributed by atoms with E-state index < -0.39 is 0 Å². The molecule has 0 aliphatic heterocycles. The standard InChI is InChI=1S/C17H20N2O2.ClH/c20-17(19-15-9-3-1-4-10-15)18-13-7-8-14-21-16-11-5-2-6-12-16;/h1-6,9-12H,7-8,13-14H2,(H2,18,19,20);1H. The first kappa shape index (κ1) is 17.9. The summed E-state index contributed by atoms with van der Waals surface area (Å²) in [7, 11) is 0. The van der Waals surface area contributed by atoms with Crippen LogP contribution in [0.5, 0.6) is 5.75 Å². The van der Waals surface area contributed by atoms with Gasteiger partial charge in [0.1, 0.15) is 5.75 Å². The van der Waals surface area contributed by atoms with Gasteiger partial charge in [-0.1, -0.05) is 36.4 Å². The van der Waals surface area contributed by atoms with E-state index in [-0.39, 0.29) is 18.4 Å². The van der Waals surface area contributed by atoms with Crippen LogP contribution in [0.4, 0.5) is 10.5 Å². The van der Waals surface area contributed by atoms with Crippen LogP contribution in [0.25, 0.3) is 0 Å². The number of unbranched alkanes of at least 4 members (excludes halogenated alkanes) is 1. The van der Waals surface area contributed by atoms with Gasteiger partial charge in [-0.05, 0) is 37.1 Å². The fraction of sp³-hybridized carbons (Fsp3) is 0.235. The minimum absolute atomic E-state index is 0. The highest BCUT2D eigenvalue weighted by Gasteiger charge is 1.99. The lowest BCUT2D eigenvalue weighted by atomic mass is 10.3. The van der Waals surface area contributed by atoms with Crippen LogP contribution in [-0.2, 0) is 0 Å². The molecule has 0 aliphatic rings. The van der Waals surface area contributed by atoms with Gasteiger partial charge in [-0.25, -0.2) is 4.79 Å². The zero-order valence-electron chi connectivity index (χ0n) is 12.3. The van der Waals surface area contributed by atoms with Crippen molar-refractivity contribution in [2.24, 2.45) is 0 Å². The monoisotopic (exact) mass is 320 g/mol. The van der Waals surface area contributed by atoms with E-state index in [2.05, 4.69) is 10.6 Å². The number of benzene rings is 2. The summed E-state index contributed by atoms with van der Waals surface area (Å²) in [6.45, 7) is 1.29. The molecule has 0 bridgehead atoms. The molecule has 2 aromatic carbocycles. The highest BCUT2D eigenvalue weighted by atomic mass is 35.5. The largest absolute Gasteiger partial charge is 0.494 e. The Hall–Kier alpha value is -2.20. The molecule has 118 valence electrons. The van der Waals surface area contributed by atoms with Crippen molar-refractivity contribution in [2.75, 3.05) is 18.5 Å². The molecule has 2 rings (SSSR count). The molecule has 0 radical (unpaired) electrons. The molecule has 22 heavy (non-hydrogen) atoms. The average Bonchev–Trinajstić information content (AvgIpc) is 2.53. The topological polar surface area (TPSA) is 50.4 Å². The molecule has 2 N–H and O–H groups in total. The first-order valence-corrected chi connectivity index (χ1v) is 7.12. The van der Waals surface area contributed by atoms with Crippen LogP contribution in [0.3, 0.4) is 0 Å². The lowest BCUT2D eigenvalue weighted by Gasteiger charge is -2.08. The molecule has 0 aliphatic carbocycles. The van der Waals surface area contributed by atoms with E-state index in [1.807, 2.05) is 60.7 Å². The Bertz CT molecular complexity index is 535. The summed E-state index contributed by atoms with van der Waals surface area (Å²) >= 11 is 0. The molecular weight excluding hydrogens is 300 g/mol. The van der Waals surface area contributed by atoms with Gasteiger partial charge in [0.25, 0.3) is 0 Å². The number of anilines is 1. The summed E-state index contributed by atoms with van der Waals surface area (Å²) in [5, 5.41) is 5.60. The number of amides is 2. The highest BCUT2D eigenvalue weighted by molar-refractivity contribution is 5.89. The third-order valence-electron chi connectivity index (χ3n) is 2.90. The SMILES string of the molecule is Cl.O=C(NCCCCOc1ccccc1)Nc1ccccc1. The Kier molecular flexibility index (Phi) is 8.53. The van der Waals surface area contributed by atoms with Gasteiger partial charge in [-0.15, -0.1) is 12.4 Å². The average molecular weight is 321 g/mol. The Balaban J connectivity index is 0.00000242. The second-order valence-corrected chi connectivity index (χ2v) is 4.62. The van der Waals surface area contributed by atoms with E-state index in [0.717, 1.165) is 24.3 Å². The number of para-hydroxylation sites is 2. The van der Waals surface area contributed by atoms with Crippen LogP contribution in [0.1, 0.15) is 12.8 Å². The zero-order valence-corrected chi connectivity index (χ0v) is 13.1. The number of nitrogens with one attached hydrogen (secondary N) is 2. The van der Waals surface area contributed by atoms with Crippen LogP contribution in [0, 0.1) is 0 Å². The Labute approximate surface area is 137 Å². The minimum Gasteiger partial charge on any atom is -0.494 e. The maximum atomic E-state index is 11.6. The van der Waals surface area contributed by atoms with Crippen molar-refractivity contribution in [1.82, 2.24) is 5.32 Å². The van der Waals surface area contributed by atoms with Crippen LogP contribution in [0.2, 0.25) is 0 Å². The Morgan fingerprint density at radius 3 is 2.23 bits per heavy atom. The summed E-state index contributed by atoms with van der Waals surface area (Å²) in [4.78, 5) is 11.6. The fourth-order valence-electron chi connectivity index (χ4n) is 1.83. The quantitative estimate of drug-likeness (QED) is 0.755. The number of hydrogen-bond donors (Lipinski definition) is 2. The van der Waals surface area contributed by atoms with Gasteiger partial charge in [0.2, 0.25) is 0 Å². The number of rotatable bonds is 7. The van der Waals surface area contributed by atoms with Crippen LogP contribution in [0.15, 0.2) is 60.7 Å². The maximum Gasteiger partial charge on any atom is 0.319 e. The predicted molar refractivity (Wildman–Crippen MR) is 91.9 cm³/mol. The molecular formula is C17H21ClN2O2. The van der Waals surface area contributed by atoms with Gasteiger partial charge in [-0.3, -0.25) is 0 Å². The van der Waals surface area contributed by atoms with E-state index >= 15 is 0 Å². The second kappa shape index (κ2) is 10.5. The molecule has 0 aromatic heterocycles. The molecule has 2 amide bonds. The van der Waals surface area contributed by atoms with E-state index in [1.165, 1.54) is 0 Å². The van der Waals surface area contributed by atoms with E-state index in [0.29, 0.717) is 13.2 Å². The van der Waals surface area contributed by atoms with Gasteiger partial charge < -0.3 is 15.4 Å². The summed E-state index contributed by atoms with van der Waals surface area (Å²) in [5.74, 6) is 0.882. The van der Waals surface area contributed by atoms with Crippen molar-refractivity contribution in [3.05, 3.63) is 60.7 Å². The molecule has 0 heterocycles. The molecule has 5 heteroatoms. The minimum atomic E-state index is -0.176. The number of ether oxygens (including phenoxy) is 1. The normalized spacial score (nSPS) is 9.45. The second-order valence-electron chi connectivity index (χ2n) is 4.62. The molecule has 0 saturated heterocycles. The molecule has 2 aromatic rings. The van der Waals surface area contributed by atoms with Crippen molar-refractivity contribution in [3.63, 3.8) is 0 Å². The van der Waals surface area contributed by atoms with Crippen molar-refractivity contribution in [3.8, 4) is 5.75 Å². The van der Waals surface area contributed by atoms with Crippen LogP contribution < -0.4 is 15.4 Å². The van der Waals surface area contributed by atoms with Gasteiger partial charge in [0.15, 0.2) is 0 Å². The molecule has 0 spiro atoms. The fourth-order valence-corrected chi connectivity index (χ4v) is 1.83. The predicted octanol–water partition coefficient (Wildman–Crippen LogP) is 4.09.